The lowest BCUT2D eigenvalue weighted by Crippen LogP contribution is -2.50. The molecule has 7 nitrogen and oxygen atoms in total. The molecule has 0 spiro atoms. The van der Waals surface area contributed by atoms with Gasteiger partial charge in [-0.05, 0) is 18.9 Å². The average molecular weight is 405 g/mol. The molecule has 2 atom stereocenters. The molecule has 0 bridgehead atoms. The highest BCUT2D eigenvalue weighted by molar-refractivity contribution is 5.80. The van der Waals surface area contributed by atoms with E-state index in [1.807, 2.05) is 0 Å². The lowest BCUT2D eigenvalue weighted by molar-refractivity contribution is -0.0502. The summed E-state index contributed by atoms with van der Waals surface area (Å²) in [7, 11) is 1.69. The third kappa shape index (κ3) is 6.67. The first-order chi connectivity index (χ1) is 14.3. The topological polar surface area (TPSA) is 58.6 Å². The first-order valence-corrected chi connectivity index (χ1v) is 10.8. The van der Waals surface area contributed by atoms with Crippen LogP contribution in [0.3, 0.4) is 0 Å². The first kappa shape index (κ1) is 22.0. The molecule has 2 aliphatic heterocycles. The molecule has 2 aliphatic rings. The third-order valence-electron chi connectivity index (χ3n) is 5.42. The molecule has 0 radical (unpaired) electrons. The molecule has 29 heavy (non-hydrogen) atoms. The highest BCUT2D eigenvalue weighted by Crippen LogP contribution is 2.24. The van der Waals surface area contributed by atoms with Gasteiger partial charge in [0, 0.05) is 53.0 Å². The Labute approximate surface area is 175 Å². The molecule has 2 heterocycles. The minimum Gasteiger partial charge on any atom is -0.382 e. The van der Waals surface area contributed by atoms with Crippen molar-refractivity contribution in [1.82, 2.24) is 15.1 Å². The number of fused-ring (bicyclic) bond motifs is 1. The van der Waals surface area contributed by atoms with Gasteiger partial charge in [0.2, 0.25) is 0 Å². The number of morpholine rings is 1. The second-order valence-corrected chi connectivity index (χ2v) is 7.53. The van der Waals surface area contributed by atoms with Crippen LogP contribution in [0.15, 0.2) is 35.3 Å². The number of ether oxygens (including phenoxy) is 3. The van der Waals surface area contributed by atoms with Gasteiger partial charge in [0.25, 0.3) is 0 Å². The van der Waals surface area contributed by atoms with Gasteiger partial charge in [-0.15, -0.1) is 0 Å². The van der Waals surface area contributed by atoms with Crippen molar-refractivity contribution in [2.24, 2.45) is 4.99 Å². The van der Waals surface area contributed by atoms with Crippen LogP contribution in [0.4, 0.5) is 0 Å². The van der Waals surface area contributed by atoms with E-state index in [-0.39, 0.29) is 6.10 Å². The Morgan fingerprint density at radius 1 is 1.21 bits per heavy atom. The molecule has 2 unspecified atom stereocenters. The summed E-state index contributed by atoms with van der Waals surface area (Å²) < 4.78 is 16.6. The maximum Gasteiger partial charge on any atom is 0.194 e. The molecule has 0 aromatic heterocycles. The van der Waals surface area contributed by atoms with Crippen LogP contribution >= 0.6 is 0 Å². The van der Waals surface area contributed by atoms with E-state index in [1.165, 1.54) is 5.56 Å². The molecule has 0 saturated carbocycles. The SMILES string of the molecule is CCNC(=NCCCOCCOC)N1CC2OCCN(Cc3ccccc3)C2C1. The second-order valence-electron chi connectivity index (χ2n) is 7.53. The van der Waals surface area contributed by atoms with E-state index >= 15 is 0 Å². The maximum atomic E-state index is 6.11. The fourth-order valence-corrected chi connectivity index (χ4v) is 3.97. The zero-order valence-corrected chi connectivity index (χ0v) is 17.9. The Bertz CT molecular complexity index is 613. The zero-order valence-electron chi connectivity index (χ0n) is 17.9. The lowest BCUT2D eigenvalue weighted by Gasteiger charge is -2.36. The molecule has 3 rings (SSSR count). The number of methoxy groups -OCH3 is 1. The minimum absolute atomic E-state index is 0.244. The summed E-state index contributed by atoms with van der Waals surface area (Å²) in [4.78, 5) is 9.75. The predicted molar refractivity (Wildman–Crippen MR) is 115 cm³/mol. The van der Waals surface area contributed by atoms with Crippen molar-refractivity contribution >= 4 is 5.96 Å². The summed E-state index contributed by atoms with van der Waals surface area (Å²) >= 11 is 0. The van der Waals surface area contributed by atoms with Crippen LogP contribution in [0.25, 0.3) is 0 Å². The Balaban J connectivity index is 1.53. The van der Waals surface area contributed by atoms with Crippen LogP contribution in [0.2, 0.25) is 0 Å². The Morgan fingerprint density at radius 3 is 2.86 bits per heavy atom. The fourth-order valence-electron chi connectivity index (χ4n) is 3.97. The van der Waals surface area contributed by atoms with E-state index in [9.17, 15) is 0 Å². The van der Waals surface area contributed by atoms with Crippen molar-refractivity contribution in [3.05, 3.63) is 35.9 Å². The molecule has 2 saturated heterocycles. The summed E-state index contributed by atoms with van der Waals surface area (Å²) in [6.45, 7) is 10.3. The third-order valence-corrected chi connectivity index (χ3v) is 5.42. The zero-order chi connectivity index (χ0) is 20.3. The minimum atomic E-state index is 0.244. The summed E-state index contributed by atoms with van der Waals surface area (Å²) in [6.07, 6.45) is 1.16. The van der Waals surface area contributed by atoms with Crippen molar-refractivity contribution < 1.29 is 14.2 Å². The van der Waals surface area contributed by atoms with Gasteiger partial charge in [-0.25, -0.2) is 0 Å². The highest BCUT2D eigenvalue weighted by Gasteiger charge is 2.41. The van der Waals surface area contributed by atoms with E-state index in [0.717, 1.165) is 58.3 Å². The summed E-state index contributed by atoms with van der Waals surface area (Å²) in [5.74, 6) is 0.988. The number of hydrogen-bond acceptors (Lipinski definition) is 5. The quantitative estimate of drug-likeness (QED) is 0.363. The molecule has 7 heteroatoms. The fraction of sp³-hybridized carbons (Fsp3) is 0.682. The Kier molecular flexibility index (Phi) is 9.21. The number of benzene rings is 1. The first-order valence-electron chi connectivity index (χ1n) is 10.8. The number of guanidine groups is 1. The van der Waals surface area contributed by atoms with Crippen LogP contribution in [0.5, 0.6) is 0 Å². The molecule has 0 aliphatic carbocycles. The standard InChI is InChI=1S/C22H36N4O3/c1-3-23-22(24-10-7-12-28-15-14-27-2)26-17-20-21(18-26)29-13-11-25(20)16-19-8-5-4-6-9-19/h4-6,8-9,20-21H,3,7,10-18H2,1-2H3,(H,23,24). The van der Waals surface area contributed by atoms with Crippen molar-refractivity contribution in [3.8, 4) is 0 Å². The number of rotatable bonds is 10. The average Bonchev–Trinajstić information content (AvgIpc) is 3.18. The van der Waals surface area contributed by atoms with Gasteiger partial charge in [0.15, 0.2) is 5.96 Å². The lowest BCUT2D eigenvalue weighted by atomic mass is 10.1. The number of aliphatic imine (C=N–C) groups is 1. The van der Waals surface area contributed by atoms with Gasteiger partial charge in [0.05, 0.1) is 32.0 Å². The van der Waals surface area contributed by atoms with Gasteiger partial charge in [-0.1, -0.05) is 30.3 Å². The normalized spacial score (nSPS) is 22.7. The largest absolute Gasteiger partial charge is 0.382 e. The van der Waals surface area contributed by atoms with E-state index in [1.54, 1.807) is 7.11 Å². The molecule has 2 fully saturated rings. The van der Waals surface area contributed by atoms with Gasteiger partial charge in [-0.3, -0.25) is 9.89 Å². The number of hydrogen-bond donors (Lipinski definition) is 1. The van der Waals surface area contributed by atoms with Crippen LogP contribution in [0.1, 0.15) is 18.9 Å². The molecule has 162 valence electrons. The number of likely N-dealkylation sites (tertiary alicyclic amines) is 1. The van der Waals surface area contributed by atoms with Gasteiger partial charge in [0.1, 0.15) is 0 Å². The predicted octanol–water partition coefficient (Wildman–Crippen LogP) is 1.59. The smallest absolute Gasteiger partial charge is 0.194 e. The number of nitrogens with zero attached hydrogens (tertiary/aromatic N) is 3. The second kappa shape index (κ2) is 12.1. The van der Waals surface area contributed by atoms with Gasteiger partial charge < -0.3 is 24.4 Å². The Hall–Kier alpha value is -1.67. The van der Waals surface area contributed by atoms with Gasteiger partial charge >= 0.3 is 0 Å². The van der Waals surface area contributed by atoms with Crippen LogP contribution in [0, 0.1) is 0 Å². The van der Waals surface area contributed by atoms with E-state index in [4.69, 9.17) is 19.2 Å². The summed E-state index contributed by atoms with van der Waals surface area (Å²) in [5.41, 5.74) is 1.36. The van der Waals surface area contributed by atoms with Gasteiger partial charge in [-0.2, -0.15) is 0 Å². The van der Waals surface area contributed by atoms with Crippen LogP contribution in [-0.4, -0.2) is 94.2 Å². The van der Waals surface area contributed by atoms with Crippen molar-refractivity contribution in [2.75, 3.05) is 66.3 Å². The molecule has 0 amide bonds. The summed E-state index contributed by atoms with van der Waals surface area (Å²) in [6, 6.07) is 11.1. The molecule has 1 aromatic carbocycles. The maximum absolute atomic E-state index is 6.11. The van der Waals surface area contributed by atoms with Crippen molar-refractivity contribution in [3.63, 3.8) is 0 Å². The number of nitrogens with one attached hydrogen (secondary N) is 1. The van der Waals surface area contributed by atoms with Crippen LogP contribution in [-0.2, 0) is 20.8 Å². The summed E-state index contributed by atoms with van der Waals surface area (Å²) in [5, 5.41) is 3.45. The van der Waals surface area contributed by atoms with E-state index < -0.39 is 0 Å². The van der Waals surface area contributed by atoms with Crippen molar-refractivity contribution in [2.45, 2.75) is 32.0 Å². The highest BCUT2D eigenvalue weighted by atomic mass is 16.5. The van der Waals surface area contributed by atoms with E-state index in [2.05, 4.69) is 52.4 Å². The van der Waals surface area contributed by atoms with E-state index in [0.29, 0.717) is 25.9 Å². The van der Waals surface area contributed by atoms with Crippen LogP contribution < -0.4 is 5.32 Å². The molecule has 1 N–H and O–H groups in total. The molecular weight excluding hydrogens is 368 g/mol. The molecule has 1 aromatic rings. The molecular formula is C22H36N4O3. The monoisotopic (exact) mass is 404 g/mol. The van der Waals surface area contributed by atoms with Crippen molar-refractivity contribution in [1.29, 1.82) is 0 Å². The Morgan fingerprint density at radius 2 is 2.07 bits per heavy atom.